The molecule has 1 aliphatic heterocycles. The van der Waals surface area contributed by atoms with Crippen LogP contribution in [0.25, 0.3) is 0 Å². The summed E-state index contributed by atoms with van der Waals surface area (Å²) < 4.78 is 0. The summed E-state index contributed by atoms with van der Waals surface area (Å²) in [7, 11) is 0. The molecule has 2 atom stereocenters. The molecule has 0 saturated carbocycles. The Hall–Kier alpha value is -1.81. The van der Waals surface area contributed by atoms with E-state index in [-0.39, 0.29) is 6.03 Å². The van der Waals surface area contributed by atoms with Crippen LogP contribution in [0.1, 0.15) is 12.8 Å². The van der Waals surface area contributed by atoms with Crippen molar-refractivity contribution in [3.8, 4) is 0 Å². The quantitative estimate of drug-likeness (QED) is 0.742. The van der Waals surface area contributed by atoms with Gasteiger partial charge in [-0.15, -0.1) is 0 Å². The van der Waals surface area contributed by atoms with Crippen molar-refractivity contribution >= 4 is 11.7 Å². The lowest BCUT2D eigenvalue weighted by atomic mass is 9.97. The maximum Gasteiger partial charge on any atom is 0.323 e. The molecule has 0 aromatic heterocycles. The minimum atomic E-state index is -0.0171. The molecule has 3 rings (SSSR count). The number of amides is 2. The Morgan fingerprint density at radius 2 is 2.00 bits per heavy atom. The molecule has 94 valence electrons. The highest BCUT2D eigenvalue weighted by molar-refractivity contribution is 5.89. The number of anilines is 1. The summed E-state index contributed by atoms with van der Waals surface area (Å²) in [6.45, 7) is 0.635. The maximum atomic E-state index is 12.2. The monoisotopic (exact) mass is 243 g/mol. The van der Waals surface area contributed by atoms with Crippen molar-refractivity contribution in [3.05, 3.63) is 42.5 Å². The maximum absolute atomic E-state index is 12.2. The summed E-state index contributed by atoms with van der Waals surface area (Å²) in [5.41, 5.74) is 0.845. The van der Waals surface area contributed by atoms with Crippen molar-refractivity contribution in [3.63, 3.8) is 0 Å². The van der Waals surface area contributed by atoms with Gasteiger partial charge in [-0.1, -0.05) is 30.4 Å². The molecular formula is C14H17N3O. The van der Waals surface area contributed by atoms with Gasteiger partial charge in [0.05, 0.1) is 12.7 Å². The molecule has 1 aromatic rings. The van der Waals surface area contributed by atoms with Crippen LogP contribution in [0.5, 0.6) is 0 Å². The Labute approximate surface area is 107 Å². The molecule has 1 fully saturated rings. The normalized spacial score (nSPS) is 25.9. The zero-order valence-electron chi connectivity index (χ0n) is 10.2. The van der Waals surface area contributed by atoms with Gasteiger partial charge in [-0.05, 0) is 25.0 Å². The fourth-order valence-corrected chi connectivity index (χ4v) is 2.64. The standard InChI is InChI=1S/C14H17N3O/c18-14(16-11-6-2-1-3-7-11)17-10-15-12-8-4-5-9-13(12)17/h1-7,12-13,15H,8-10H2,(H,16,18). The largest absolute Gasteiger partial charge is 0.323 e. The van der Waals surface area contributed by atoms with Gasteiger partial charge in [-0.2, -0.15) is 0 Å². The lowest BCUT2D eigenvalue weighted by molar-refractivity contribution is 0.203. The van der Waals surface area contributed by atoms with Gasteiger partial charge in [-0.3, -0.25) is 5.32 Å². The molecule has 4 nitrogen and oxygen atoms in total. The van der Waals surface area contributed by atoms with E-state index in [0.29, 0.717) is 18.8 Å². The second kappa shape index (κ2) is 4.82. The van der Waals surface area contributed by atoms with Crippen LogP contribution >= 0.6 is 0 Å². The summed E-state index contributed by atoms with van der Waals surface area (Å²) in [6.07, 6.45) is 6.31. The Kier molecular flexibility index (Phi) is 3.02. The lowest BCUT2D eigenvalue weighted by Crippen LogP contribution is -2.42. The first kappa shape index (κ1) is 11.3. The number of hydrogen-bond donors (Lipinski definition) is 2. The van der Waals surface area contributed by atoms with Crippen molar-refractivity contribution in [2.75, 3.05) is 12.0 Å². The molecule has 2 aliphatic rings. The average molecular weight is 243 g/mol. The van der Waals surface area contributed by atoms with Crippen LogP contribution in [-0.4, -0.2) is 29.7 Å². The molecule has 2 amide bonds. The molecule has 2 unspecified atom stereocenters. The molecule has 18 heavy (non-hydrogen) atoms. The minimum absolute atomic E-state index is 0.0171. The predicted molar refractivity (Wildman–Crippen MR) is 71.3 cm³/mol. The van der Waals surface area contributed by atoms with E-state index in [1.807, 2.05) is 35.2 Å². The summed E-state index contributed by atoms with van der Waals surface area (Å²) in [5, 5.41) is 6.33. The van der Waals surface area contributed by atoms with E-state index in [4.69, 9.17) is 0 Å². The van der Waals surface area contributed by atoms with Gasteiger partial charge in [0.25, 0.3) is 0 Å². The highest BCUT2D eigenvalue weighted by Crippen LogP contribution is 2.23. The summed E-state index contributed by atoms with van der Waals surface area (Å²) >= 11 is 0. The van der Waals surface area contributed by atoms with Crippen LogP contribution in [-0.2, 0) is 0 Å². The van der Waals surface area contributed by atoms with Crippen molar-refractivity contribution in [2.24, 2.45) is 0 Å². The van der Waals surface area contributed by atoms with Crippen LogP contribution in [0.2, 0.25) is 0 Å². The molecular weight excluding hydrogens is 226 g/mol. The van der Waals surface area contributed by atoms with Crippen molar-refractivity contribution in [1.82, 2.24) is 10.2 Å². The predicted octanol–water partition coefficient (Wildman–Crippen LogP) is 2.17. The lowest BCUT2D eigenvalue weighted by Gasteiger charge is -2.28. The van der Waals surface area contributed by atoms with Crippen LogP contribution in [0, 0.1) is 0 Å². The third-order valence-corrected chi connectivity index (χ3v) is 3.61. The van der Waals surface area contributed by atoms with Gasteiger partial charge in [0.2, 0.25) is 0 Å². The number of urea groups is 1. The van der Waals surface area contributed by atoms with Crippen LogP contribution in [0.4, 0.5) is 10.5 Å². The Morgan fingerprint density at radius 3 is 2.83 bits per heavy atom. The number of nitrogens with one attached hydrogen (secondary N) is 2. The van der Waals surface area contributed by atoms with Crippen molar-refractivity contribution in [2.45, 2.75) is 24.9 Å². The van der Waals surface area contributed by atoms with Gasteiger partial charge < -0.3 is 10.2 Å². The first-order valence-electron chi connectivity index (χ1n) is 6.35. The summed E-state index contributed by atoms with van der Waals surface area (Å²) in [5.74, 6) is 0. The molecule has 0 bridgehead atoms. The Morgan fingerprint density at radius 1 is 1.22 bits per heavy atom. The number of carbonyl (C=O) groups is 1. The number of hydrogen-bond acceptors (Lipinski definition) is 2. The number of nitrogens with zero attached hydrogens (tertiary/aromatic N) is 1. The number of rotatable bonds is 1. The van der Waals surface area contributed by atoms with E-state index in [9.17, 15) is 4.79 Å². The SMILES string of the molecule is O=C(Nc1ccccc1)N1CNC2CC=CCC21. The zero-order chi connectivity index (χ0) is 12.4. The van der Waals surface area contributed by atoms with E-state index in [1.165, 1.54) is 0 Å². The fourth-order valence-electron chi connectivity index (χ4n) is 2.64. The van der Waals surface area contributed by atoms with Crippen LogP contribution in [0.15, 0.2) is 42.5 Å². The average Bonchev–Trinajstić information content (AvgIpc) is 2.84. The van der Waals surface area contributed by atoms with Crippen LogP contribution in [0.3, 0.4) is 0 Å². The second-order valence-electron chi connectivity index (χ2n) is 4.74. The van der Waals surface area contributed by atoms with E-state index < -0.39 is 0 Å². The first-order chi connectivity index (χ1) is 8.84. The molecule has 1 aliphatic carbocycles. The smallest absolute Gasteiger partial charge is 0.308 e. The molecule has 0 radical (unpaired) electrons. The Bertz CT molecular complexity index is 457. The molecule has 4 heteroatoms. The van der Waals surface area contributed by atoms with Crippen molar-refractivity contribution in [1.29, 1.82) is 0 Å². The van der Waals surface area contributed by atoms with Crippen molar-refractivity contribution < 1.29 is 4.79 Å². The number of fused-ring (bicyclic) bond motifs is 1. The fraction of sp³-hybridized carbons (Fsp3) is 0.357. The highest BCUT2D eigenvalue weighted by atomic mass is 16.2. The summed E-state index contributed by atoms with van der Waals surface area (Å²) in [6, 6.07) is 10.3. The van der Waals surface area contributed by atoms with Gasteiger partial charge in [-0.25, -0.2) is 4.79 Å². The third-order valence-electron chi connectivity index (χ3n) is 3.61. The molecule has 0 spiro atoms. The topological polar surface area (TPSA) is 44.4 Å². The van der Waals surface area contributed by atoms with E-state index in [0.717, 1.165) is 18.5 Å². The molecule has 2 N–H and O–H groups in total. The van der Waals surface area contributed by atoms with Gasteiger partial charge >= 0.3 is 6.03 Å². The number of benzene rings is 1. The van der Waals surface area contributed by atoms with Gasteiger partial charge in [0.1, 0.15) is 0 Å². The zero-order valence-corrected chi connectivity index (χ0v) is 10.2. The van der Waals surface area contributed by atoms with Gasteiger partial charge in [0.15, 0.2) is 0 Å². The minimum Gasteiger partial charge on any atom is -0.308 e. The Balaban J connectivity index is 1.68. The van der Waals surface area contributed by atoms with E-state index in [2.05, 4.69) is 22.8 Å². The highest BCUT2D eigenvalue weighted by Gasteiger charge is 2.36. The molecule has 1 heterocycles. The first-order valence-corrected chi connectivity index (χ1v) is 6.35. The third kappa shape index (κ3) is 2.11. The number of para-hydroxylation sites is 1. The van der Waals surface area contributed by atoms with E-state index >= 15 is 0 Å². The van der Waals surface area contributed by atoms with Gasteiger partial charge in [0, 0.05) is 11.7 Å². The van der Waals surface area contributed by atoms with E-state index in [1.54, 1.807) is 0 Å². The molecule has 1 saturated heterocycles. The number of carbonyl (C=O) groups excluding carboxylic acids is 1. The second-order valence-corrected chi connectivity index (χ2v) is 4.74. The summed E-state index contributed by atoms with van der Waals surface area (Å²) in [4.78, 5) is 14.1. The molecule has 1 aromatic carbocycles. The van der Waals surface area contributed by atoms with Crippen LogP contribution < -0.4 is 10.6 Å².